The number of thiophene rings is 1. The van der Waals surface area contributed by atoms with Gasteiger partial charge in [0.2, 0.25) is 0 Å². The van der Waals surface area contributed by atoms with E-state index in [-0.39, 0.29) is 5.71 Å². The van der Waals surface area contributed by atoms with E-state index in [1.54, 1.807) is 0 Å². The fraction of sp³-hybridized carbons (Fsp3) is 0.125. The highest BCUT2D eigenvalue weighted by Crippen LogP contribution is 2.16. The number of hydrogen-bond acceptors (Lipinski definition) is 4. The van der Waals surface area contributed by atoms with E-state index in [1.165, 1.54) is 11.3 Å². The van der Waals surface area contributed by atoms with Crippen molar-refractivity contribution in [2.24, 2.45) is 10.2 Å². The molecular weight excluding hydrogens is 188 g/mol. The number of nitrogens with zero attached hydrogens (tertiary/aromatic N) is 2. The van der Waals surface area contributed by atoms with Crippen molar-refractivity contribution in [2.45, 2.75) is 6.42 Å². The van der Waals surface area contributed by atoms with Crippen LogP contribution in [0.2, 0.25) is 0 Å². The van der Waals surface area contributed by atoms with Gasteiger partial charge in [-0.1, -0.05) is 6.07 Å². The molecule has 0 radical (unpaired) electrons. The summed E-state index contributed by atoms with van der Waals surface area (Å²) in [5, 5.41) is 18.0. The van der Waals surface area contributed by atoms with Crippen LogP contribution in [0.1, 0.15) is 11.3 Å². The van der Waals surface area contributed by atoms with Crippen LogP contribution < -0.4 is 0 Å². The highest BCUT2D eigenvalue weighted by Gasteiger charge is 2.19. The molecule has 1 aliphatic rings. The lowest BCUT2D eigenvalue weighted by Gasteiger charge is -1.92. The van der Waals surface area contributed by atoms with E-state index in [4.69, 9.17) is 5.11 Å². The van der Waals surface area contributed by atoms with Crippen LogP contribution in [0, 0.1) is 0 Å². The van der Waals surface area contributed by atoms with Gasteiger partial charge < -0.3 is 5.11 Å². The van der Waals surface area contributed by atoms with Crippen molar-refractivity contribution >= 4 is 28.7 Å². The third-order valence-corrected chi connectivity index (χ3v) is 2.60. The lowest BCUT2D eigenvalue weighted by atomic mass is 10.2. The summed E-state index contributed by atoms with van der Waals surface area (Å²) < 4.78 is 0. The topological polar surface area (TPSA) is 62.0 Å². The molecule has 0 spiro atoms. The van der Waals surface area contributed by atoms with Crippen LogP contribution in [0.3, 0.4) is 0 Å². The zero-order valence-corrected chi connectivity index (χ0v) is 7.41. The highest BCUT2D eigenvalue weighted by molar-refractivity contribution is 7.12. The maximum absolute atomic E-state index is 10.5. The average Bonchev–Trinajstić information content (AvgIpc) is 2.75. The van der Waals surface area contributed by atoms with Gasteiger partial charge in [-0.2, -0.15) is 5.10 Å². The molecule has 0 unspecified atom stereocenters. The van der Waals surface area contributed by atoms with Crippen LogP contribution in [0.15, 0.2) is 27.7 Å². The summed E-state index contributed by atoms with van der Waals surface area (Å²) in [6, 6.07) is 3.81. The molecule has 1 aromatic heterocycles. The van der Waals surface area contributed by atoms with Gasteiger partial charge in [-0.15, -0.1) is 16.4 Å². The molecule has 0 aromatic carbocycles. The Hall–Kier alpha value is -1.49. The van der Waals surface area contributed by atoms with Crippen molar-refractivity contribution in [1.29, 1.82) is 0 Å². The van der Waals surface area contributed by atoms with E-state index in [2.05, 4.69) is 10.2 Å². The summed E-state index contributed by atoms with van der Waals surface area (Å²) in [6.45, 7) is 0. The molecule has 4 nitrogen and oxygen atoms in total. The van der Waals surface area contributed by atoms with Gasteiger partial charge in [-0.05, 0) is 11.4 Å². The van der Waals surface area contributed by atoms with E-state index in [9.17, 15) is 4.79 Å². The average molecular weight is 194 g/mol. The molecule has 1 N–H and O–H groups in total. The zero-order chi connectivity index (χ0) is 9.26. The second kappa shape index (κ2) is 3.10. The molecule has 0 atom stereocenters. The number of aliphatic carboxylic acids is 1. The Morgan fingerprint density at radius 3 is 2.92 bits per heavy atom. The number of hydrogen-bond donors (Lipinski definition) is 1. The smallest absolute Gasteiger partial charge is 0.352 e. The number of carboxylic acid groups (broad SMARTS) is 1. The SMILES string of the molecule is O=C(O)C1=NN=C(c2cccs2)C1. The molecule has 13 heavy (non-hydrogen) atoms. The van der Waals surface area contributed by atoms with E-state index in [1.807, 2.05) is 17.5 Å². The Balaban J connectivity index is 2.15. The van der Waals surface area contributed by atoms with Crippen molar-refractivity contribution in [3.63, 3.8) is 0 Å². The normalized spacial score (nSPS) is 15.4. The minimum absolute atomic E-state index is 0.114. The van der Waals surface area contributed by atoms with E-state index in [0.29, 0.717) is 6.42 Å². The number of rotatable bonds is 2. The third kappa shape index (κ3) is 1.50. The quantitative estimate of drug-likeness (QED) is 0.773. The minimum atomic E-state index is -0.990. The van der Waals surface area contributed by atoms with Gasteiger partial charge in [0.25, 0.3) is 0 Å². The molecular formula is C8H6N2O2S. The molecule has 0 bridgehead atoms. The molecule has 2 heterocycles. The summed E-state index contributed by atoms with van der Waals surface area (Å²) >= 11 is 1.54. The van der Waals surface area contributed by atoms with E-state index in [0.717, 1.165) is 10.6 Å². The van der Waals surface area contributed by atoms with Gasteiger partial charge in [0.1, 0.15) is 0 Å². The van der Waals surface area contributed by atoms with Crippen molar-refractivity contribution in [2.75, 3.05) is 0 Å². The summed E-state index contributed by atoms with van der Waals surface area (Å²) in [7, 11) is 0. The summed E-state index contributed by atoms with van der Waals surface area (Å²) in [6.07, 6.45) is 0.329. The number of carboxylic acids is 1. The van der Waals surface area contributed by atoms with Crippen LogP contribution in [-0.4, -0.2) is 22.5 Å². The van der Waals surface area contributed by atoms with Gasteiger partial charge in [0.15, 0.2) is 5.71 Å². The second-order valence-corrected chi connectivity index (χ2v) is 3.50. The molecule has 1 aliphatic heterocycles. The van der Waals surface area contributed by atoms with Crippen molar-refractivity contribution in [1.82, 2.24) is 0 Å². The largest absolute Gasteiger partial charge is 0.477 e. The Labute approximate surface area is 78.2 Å². The Bertz CT molecular complexity index is 392. The highest BCUT2D eigenvalue weighted by atomic mass is 32.1. The first-order valence-corrected chi connectivity index (χ1v) is 4.56. The van der Waals surface area contributed by atoms with E-state index < -0.39 is 5.97 Å². The first kappa shape index (κ1) is 8.12. The summed E-state index contributed by atoms with van der Waals surface area (Å²) in [5.41, 5.74) is 0.857. The van der Waals surface area contributed by atoms with Crippen molar-refractivity contribution < 1.29 is 9.90 Å². The van der Waals surface area contributed by atoms with E-state index >= 15 is 0 Å². The Morgan fingerprint density at radius 1 is 1.54 bits per heavy atom. The van der Waals surface area contributed by atoms with Crippen molar-refractivity contribution in [3.05, 3.63) is 22.4 Å². The first-order chi connectivity index (χ1) is 6.27. The fourth-order valence-electron chi connectivity index (χ4n) is 1.05. The first-order valence-electron chi connectivity index (χ1n) is 3.68. The van der Waals surface area contributed by atoms with Crippen LogP contribution in [0.4, 0.5) is 0 Å². The van der Waals surface area contributed by atoms with Crippen LogP contribution in [0.25, 0.3) is 0 Å². The van der Waals surface area contributed by atoms with Crippen molar-refractivity contribution in [3.8, 4) is 0 Å². The maximum Gasteiger partial charge on any atom is 0.352 e. The monoisotopic (exact) mass is 194 g/mol. The third-order valence-electron chi connectivity index (χ3n) is 1.68. The molecule has 0 amide bonds. The molecule has 5 heteroatoms. The molecule has 2 rings (SSSR count). The molecule has 0 saturated carbocycles. The zero-order valence-electron chi connectivity index (χ0n) is 6.60. The lowest BCUT2D eigenvalue weighted by Crippen LogP contribution is -2.13. The molecule has 1 aromatic rings. The van der Waals surface area contributed by atoms with Gasteiger partial charge in [0, 0.05) is 6.42 Å². The summed E-state index contributed by atoms with van der Waals surface area (Å²) in [5.74, 6) is -0.990. The molecule has 66 valence electrons. The predicted octanol–water partition coefficient (Wildman–Crippen LogP) is 1.38. The predicted molar refractivity (Wildman–Crippen MR) is 50.5 cm³/mol. The molecule has 0 fully saturated rings. The fourth-order valence-corrected chi connectivity index (χ4v) is 1.76. The van der Waals surface area contributed by atoms with Gasteiger partial charge in [-0.25, -0.2) is 4.79 Å². The summed E-state index contributed by atoms with van der Waals surface area (Å²) in [4.78, 5) is 11.5. The minimum Gasteiger partial charge on any atom is -0.477 e. The van der Waals surface area contributed by atoms with Crippen LogP contribution in [0.5, 0.6) is 0 Å². The second-order valence-electron chi connectivity index (χ2n) is 2.55. The Morgan fingerprint density at radius 2 is 2.38 bits per heavy atom. The Kier molecular flexibility index (Phi) is 1.94. The molecule has 0 aliphatic carbocycles. The lowest BCUT2D eigenvalue weighted by molar-refractivity contribution is -0.129. The maximum atomic E-state index is 10.5. The standard InChI is InChI=1S/C8H6N2O2S/c11-8(12)6-4-5(9-10-6)7-2-1-3-13-7/h1-3H,4H2,(H,11,12). The van der Waals surface area contributed by atoms with Gasteiger partial charge in [0.05, 0.1) is 10.6 Å². The van der Waals surface area contributed by atoms with Crippen LogP contribution >= 0.6 is 11.3 Å². The molecule has 0 saturated heterocycles. The van der Waals surface area contributed by atoms with Crippen LogP contribution in [-0.2, 0) is 4.79 Å². The number of carbonyl (C=O) groups is 1. The van der Waals surface area contributed by atoms with Gasteiger partial charge in [-0.3, -0.25) is 0 Å². The van der Waals surface area contributed by atoms with Gasteiger partial charge >= 0.3 is 5.97 Å².